The number of pyridine rings is 1. The van der Waals surface area contributed by atoms with Crippen LogP contribution in [0.1, 0.15) is 0 Å². The minimum absolute atomic E-state index is 0.0732. The lowest BCUT2D eigenvalue weighted by atomic mass is 10.3. The summed E-state index contributed by atoms with van der Waals surface area (Å²) in [4.78, 5) is 3.89. The van der Waals surface area contributed by atoms with Gasteiger partial charge in [0.25, 0.3) is 0 Å². The van der Waals surface area contributed by atoms with Gasteiger partial charge in [0.2, 0.25) is 5.88 Å². The molecular weight excluding hydrogens is 231 g/mol. The molecule has 0 atom stereocenters. The van der Waals surface area contributed by atoms with Crippen LogP contribution < -0.4 is 10.5 Å². The van der Waals surface area contributed by atoms with Gasteiger partial charge in [-0.05, 0) is 18.2 Å². The van der Waals surface area contributed by atoms with Gasteiger partial charge in [0.15, 0.2) is 11.6 Å². The van der Waals surface area contributed by atoms with E-state index in [-0.39, 0.29) is 11.6 Å². The Bertz CT molecular complexity index is 502. The van der Waals surface area contributed by atoms with E-state index in [2.05, 4.69) is 4.98 Å². The van der Waals surface area contributed by atoms with Crippen molar-refractivity contribution in [3.05, 3.63) is 47.4 Å². The van der Waals surface area contributed by atoms with Gasteiger partial charge in [-0.25, -0.2) is 9.37 Å². The van der Waals surface area contributed by atoms with Crippen molar-refractivity contribution in [2.24, 2.45) is 0 Å². The quantitative estimate of drug-likeness (QED) is 0.817. The van der Waals surface area contributed by atoms with Crippen LogP contribution in [0.2, 0.25) is 5.02 Å². The van der Waals surface area contributed by atoms with E-state index in [1.54, 1.807) is 18.2 Å². The molecule has 0 spiro atoms. The molecular formula is C11H8ClFN2O. The molecule has 0 aliphatic heterocycles. The Kier molecular flexibility index (Phi) is 2.92. The number of anilines is 1. The highest BCUT2D eigenvalue weighted by atomic mass is 35.5. The predicted molar refractivity (Wildman–Crippen MR) is 60.1 cm³/mol. The number of rotatable bonds is 2. The summed E-state index contributed by atoms with van der Waals surface area (Å²) < 4.78 is 18.6. The molecule has 0 amide bonds. The Hall–Kier alpha value is -1.81. The second-order valence-electron chi connectivity index (χ2n) is 3.11. The summed E-state index contributed by atoms with van der Waals surface area (Å²) in [7, 11) is 0. The summed E-state index contributed by atoms with van der Waals surface area (Å²) in [6, 6.07) is 7.35. The van der Waals surface area contributed by atoms with E-state index < -0.39 is 5.82 Å². The SMILES string of the molecule is Nc1ccc(Oc2ccc(Cl)cn2)c(F)c1. The minimum atomic E-state index is -0.531. The van der Waals surface area contributed by atoms with Crippen LogP contribution in [0.3, 0.4) is 0 Å². The number of nitrogens with two attached hydrogens (primary N) is 1. The maximum atomic E-state index is 13.4. The van der Waals surface area contributed by atoms with Gasteiger partial charge in [0.05, 0.1) is 5.02 Å². The van der Waals surface area contributed by atoms with E-state index in [4.69, 9.17) is 22.1 Å². The third-order valence-electron chi connectivity index (χ3n) is 1.87. The fourth-order valence-electron chi connectivity index (χ4n) is 1.14. The van der Waals surface area contributed by atoms with Crippen molar-refractivity contribution in [3.63, 3.8) is 0 Å². The standard InChI is InChI=1S/C11H8ClFN2O/c12-7-1-4-11(15-6-7)16-10-3-2-8(14)5-9(10)13/h1-6H,14H2. The van der Waals surface area contributed by atoms with Gasteiger partial charge in [-0.1, -0.05) is 11.6 Å². The molecule has 0 fully saturated rings. The summed E-state index contributed by atoms with van der Waals surface area (Å²) in [5, 5.41) is 0.491. The zero-order valence-corrected chi connectivity index (χ0v) is 8.91. The molecule has 1 heterocycles. The average Bonchev–Trinajstić information content (AvgIpc) is 2.25. The maximum Gasteiger partial charge on any atom is 0.219 e. The topological polar surface area (TPSA) is 48.1 Å². The molecule has 3 nitrogen and oxygen atoms in total. The zero-order valence-electron chi connectivity index (χ0n) is 8.15. The molecule has 0 aliphatic carbocycles. The van der Waals surface area contributed by atoms with Crippen molar-refractivity contribution in [2.45, 2.75) is 0 Å². The first-order valence-corrected chi connectivity index (χ1v) is 4.87. The summed E-state index contributed by atoms with van der Waals surface area (Å²) in [6.07, 6.45) is 1.42. The number of ether oxygens (including phenoxy) is 1. The minimum Gasteiger partial charge on any atom is -0.436 e. The molecule has 0 saturated heterocycles. The second-order valence-corrected chi connectivity index (χ2v) is 3.54. The normalized spacial score (nSPS) is 10.1. The van der Waals surface area contributed by atoms with E-state index in [1.807, 2.05) is 0 Å². The van der Waals surface area contributed by atoms with Crippen LogP contribution in [-0.2, 0) is 0 Å². The van der Waals surface area contributed by atoms with Crippen molar-refractivity contribution in [1.82, 2.24) is 4.98 Å². The summed E-state index contributed by atoms with van der Waals surface area (Å²) in [5.74, 6) is -0.186. The lowest BCUT2D eigenvalue weighted by Gasteiger charge is -2.05. The largest absolute Gasteiger partial charge is 0.436 e. The number of aromatic nitrogens is 1. The Labute approximate surface area is 96.6 Å². The van der Waals surface area contributed by atoms with Gasteiger partial charge >= 0.3 is 0 Å². The highest BCUT2D eigenvalue weighted by molar-refractivity contribution is 6.30. The van der Waals surface area contributed by atoms with Crippen molar-refractivity contribution in [2.75, 3.05) is 5.73 Å². The molecule has 2 N–H and O–H groups in total. The molecule has 5 heteroatoms. The van der Waals surface area contributed by atoms with Crippen molar-refractivity contribution < 1.29 is 9.13 Å². The first-order chi connectivity index (χ1) is 7.65. The third kappa shape index (κ3) is 2.41. The molecule has 1 aromatic carbocycles. The number of halogens is 2. The number of hydrogen-bond acceptors (Lipinski definition) is 3. The Morgan fingerprint density at radius 2 is 2.06 bits per heavy atom. The smallest absolute Gasteiger partial charge is 0.219 e. The Balaban J connectivity index is 2.23. The lowest BCUT2D eigenvalue weighted by Crippen LogP contribution is -1.92. The van der Waals surface area contributed by atoms with Gasteiger partial charge in [-0.2, -0.15) is 0 Å². The molecule has 2 rings (SSSR count). The van der Waals surface area contributed by atoms with Crippen LogP contribution in [0.5, 0.6) is 11.6 Å². The van der Waals surface area contributed by atoms with Crippen LogP contribution in [0.25, 0.3) is 0 Å². The van der Waals surface area contributed by atoms with Crippen LogP contribution >= 0.6 is 11.6 Å². The lowest BCUT2D eigenvalue weighted by molar-refractivity contribution is 0.428. The second kappa shape index (κ2) is 4.37. The van der Waals surface area contributed by atoms with E-state index >= 15 is 0 Å². The van der Waals surface area contributed by atoms with Crippen molar-refractivity contribution >= 4 is 17.3 Å². The molecule has 82 valence electrons. The van der Waals surface area contributed by atoms with Gasteiger partial charge in [-0.3, -0.25) is 0 Å². The fraction of sp³-hybridized carbons (Fsp3) is 0. The van der Waals surface area contributed by atoms with E-state index in [0.717, 1.165) is 0 Å². The van der Waals surface area contributed by atoms with E-state index in [1.165, 1.54) is 18.3 Å². The zero-order chi connectivity index (χ0) is 11.5. The first kappa shape index (κ1) is 10.7. The van der Waals surface area contributed by atoms with E-state index in [9.17, 15) is 4.39 Å². The van der Waals surface area contributed by atoms with Crippen LogP contribution in [0.4, 0.5) is 10.1 Å². The molecule has 2 aromatic rings. The highest BCUT2D eigenvalue weighted by Gasteiger charge is 2.05. The first-order valence-electron chi connectivity index (χ1n) is 4.49. The summed E-state index contributed by atoms with van der Waals surface area (Å²) in [6.45, 7) is 0. The number of nitrogens with zero attached hydrogens (tertiary/aromatic N) is 1. The molecule has 0 aliphatic rings. The maximum absolute atomic E-state index is 13.4. The van der Waals surface area contributed by atoms with E-state index in [0.29, 0.717) is 10.7 Å². The van der Waals surface area contributed by atoms with Crippen LogP contribution in [0, 0.1) is 5.82 Å². The van der Waals surface area contributed by atoms with Crippen LogP contribution in [-0.4, -0.2) is 4.98 Å². The molecule has 1 aromatic heterocycles. The monoisotopic (exact) mass is 238 g/mol. The predicted octanol–water partition coefficient (Wildman–Crippen LogP) is 3.25. The third-order valence-corrected chi connectivity index (χ3v) is 2.09. The summed E-state index contributed by atoms with van der Waals surface area (Å²) in [5.41, 5.74) is 5.75. The number of hydrogen-bond donors (Lipinski definition) is 1. The molecule has 0 radical (unpaired) electrons. The number of benzene rings is 1. The Morgan fingerprint density at radius 3 is 2.69 bits per heavy atom. The average molecular weight is 239 g/mol. The van der Waals surface area contributed by atoms with Gasteiger partial charge < -0.3 is 10.5 Å². The van der Waals surface area contributed by atoms with Crippen molar-refractivity contribution in [3.8, 4) is 11.6 Å². The van der Waals surface area contributed by atoms with Crippen molar-refractivity contribution in [1.29, 1.82) is 0 Å². The Morgan fingerprint density at radius 1 is 1.25 bits per heavy atom. The van der Waals surface area contributed by atoms with Crippen LogP contribution in [0.15, 0.2) is 36.5 Å². The highest BCUT2D eigenvalue weighted by Crippen LogP contribution is 2.24. The summed E-state index contributed by atoms with van der Waals surface area (Å²) >= 11 is 5.66. The molecule has 0 saturated carbocycles. The van der Waals surface area contributed by atoms with Gasteiger partial charge in [0, 0.05) is 24.0 Å². The molecule has 0 unspecified atom stereocenters. The molecule has 16 heavy (non-hydrogen) atoms. The van der Waals surface area contributed by atoms with Gasteiger partial charge in [-0.15, -0.1) is 0 Å². The molecule has 0 bridgehead atoms. The van der Waals surface area contributed by atoms with Gasteiger partial charge in [0.1, 0.15) is 0 Å². The number of nitrogen functional groups attached to an aromatic ring is 1. The fourth-order valence-corrected chi connectivity index (χ4v) is 1.25.